The number of benzene rings is 2. The molecule has 0 aliphatic carbocycles. The molecular formula is C19H19ClN2O2. The Kier molecular flexibility index (Phi) is 4.86. The minimum atomic E-state index is -0.396. The lowest BCUT2D eigenvalue weighted by molar-refractivity contribution is -0.128. The molecule has 124 valence electrons. The van der Waals surface area contributed by atoms with Crippen LogP contribution >= 0.6 is 11.6 Å². The van der Waals surface area contributed by atoms with Gasteiger partial charge in [0.05, 0.1) is 12.0 Å². The van der Waals surface area contributed by atoms with E-state index in [1.165, 1.54) is 0 Å². The molecule has 0 radical (unpaired) electrons. The van der Waals surface area contributed by atoms with E-state index >= 15 is 0 Å². The second kappa shape index (κ2) is 7.05. The number of likely N-dealkylation sites (tertiary alicyclic amines) is 1. The molecule has 0 aromatic heterocycles. The fourth-order valence-electron chi connectivity index (χ4n) is 3.17. The van der Waals surface area contributed by atoms with Gasteiger partial charge in [0.25, 0.3) is 0 Å². The molecule has 2 amide bonds. The highest BCUT2D eigenvalue weighted by molar-refractivity contribution is 6.31. The van der Waals surface area contributed by atoms with Crippen molar-refractivity contribution < 1.29 is 9.59 Å². The van der Waals surface area contributed by atoms with Crippen molar-refractivity contribution in [2.24, 2.45) is 5.92 Å². The molecule has 5 heteroatoms. The molecule has 1 N–H and O–H groups in total. The number of nitrogens with zero attached hydrogens (tertiary/aromatic N) is 1. The van der Waals surface area contributed by atoms with Crippen LogP contribution in [0.4, 0.5) is 0 Å². The Hall–Kier alpha value is -2.33. The molecule has 0 spiro atoms. The maximum Gasteiger partial charge on any atom is 0.226 e. The summed E-state index contributed by atoms with van der Waals surface area (Å²) in [5.74, 6) is -0.532. The van der Waals surface area contributed by atoms with Crippen LogP contribution in [0.5, 0.6) is 0 Å². The fourth-order valence-corrected chi connectivity index (χ4v) is 3.37. The molecule has 2 atom stereocenters. The number of halogens is 1. The van der Waals surface area contributed by atoms with Crippen LogP contribution < -0.4 is 5.32 Å². The number of carbonyl (C=O) groups is 2. The van der Waals surface area contributed by atoms with Crippen molar-refractivity contribution in [2.75, 3.05) is 7.05 Å². The molecule has 3 rings (SSSR count). The number of hydrogen-bond acceptors (Lipinski definition) is 2. The molecule has 1 aliphatic heterocycles. The van der Waals surface area contributed by atoms with Crippen LogP contribution in [0.2, 0.25) is 5.02 Å². The molecule has 1 heterocycles. The zero-order valence-electron chi connectivity index (χ0n) is 13.4. The van der Waals surface area contributed by atoms with Gasteiger partial charge in [-0.2, -0.15) is 0 Å². The Labute approximate surface area is 146 Å². The second-order valence-corrected chi connectivity index (χ2v) is 6.39. The molecule has 1 fully saturated rings. The first-order valence-electron chi connectivity index (χ1n) is 7.89. The molecule has 4 nitrogen and oxygen atoms in total. The molecule has 1 saturated heterocycles. The molecule has 2 aromatic rings. The largest absolute Gasteiger partial charge is 0.352 e. The summed E-state index contributed by atoms with van der Waals surface area (Å²) in [7, 11) is 1.75. The van der Waals surface area contributed by atoms with E-state index in [4.69, 9.17) is 11.6 Å². The van der Waals surface area contributed by atoms with E-state index in [-0.39, 0.29) is 24.3 Å². The van der Waals surface area contributed by atoms with Crippen LogP contribution in [0, 0.1) is 5.92 Å². The summed E-state index contributed by atoms with van der Waals surface area (Å²) in [5.41, 5.74) is 1.84. The number of nitrogens with one attached hydrogen (secondary N) is 1. The number of rotatable bonds is 4. The smallest absolute Gasteiger partial charge is 0.226 e. The minimum Gasteiger partial charge on any atom is -0.352 e. The quantitative estimate of drug-likeness (QED) is 0.927. The average molecular weight is 343 g/mol. The SMILES string of the molecule is CN1C(=O)C[C@@H](C(=O)NCc2ccccc2Cl)[C@@H]1c1ccccc1. The van der Waals surface area contributed by atoms with Gasteiger partial charge < -0.3 is 10.2 Å². The summed E-state index contributed by atoms with van der Waals surface area (Å²) in [5, 5.41) is 3.54. The Balaban J connectivity index is 1.75. The van der Waals surface area contributed by atoms with Crippen LogP contribution in [0.25, 0.3) is 0 Å². The number of hydrogen-bond donors (Lipinski definition) is 1. The Bertz CT molecular complexity index is 748. The van der Waals surface area contributed by atoms with Crippen molar-refractivity contribution in [1.82, 2.24) is 10.2 Å². The van der Waals surface area contributed by atoms with Crippen molar-refractivity contribution in [1.29, 1.82) is 0 Å². The zero-order valence-corrected chi connectivity index (χ0v) is 14.2. The van der Waals surface area contributed by atoms with Crippen molar-refractivity contribution in [3.8, 4) is 0 Å². The van der Waals surface area contributed by atoms with E-state index in [1.807, 2.05) is 48.5 Å². The van der Waals surface area contributed by atoms with Crippen molar-refractivity contribution >= 4 is 23.4 Å². The third-order valence-corrected chi connectivity index (χ3v) is 4.84. The fraction of sp³-hybridized carbons (Fsp3) is 0.263. The van der Waals surface area contributed by atoms with Gasteiger partial charge in [0, 0.05) is 25.0 Å². The van der Waals surface area contributed by atoms with Gasteiger partial charge >= 0.3 is 0 Å². The molecular weight excluding hydrogens is 324 g/mol. The summed E-state index contributed by atoms with van der Waals surface area (Å²) < 4.78 is 0. The number of carbonyl (C=O) groups excluding carboxylic acids is 2. The average Bonchev–Trinajstić information content (AvgIpc) is 2.90. The van der Waals surface area contributed by atoms with Gasteiger partial charge in [0.1, 0.15) is 0 Å². The first kappa shape index (κ1) is 16.5. The van der Waals surface area contributed by atoms with Crippen LogP contribution in [0.1, 0.15) is 23.6 Å². The third kappa shape index (κ3) is 3.29. The van der Waals surface area contributed by atoms with Gasteiger partial charge in [-0.1, -0.05) is 60.1 Å². The van der Waals surface area contributed by atoms with E-state index in [0.29, 0.717) is 11.6 Å². The molecule has 0 unspecified atom stereocenters. The van der Waals surface area contributed by atoms with E-state index in [1.54, 1.807) is 18.0 Å². The highest BCUT2D eigenvalue weighted by Gasteiger charge is 2.42. The second-order valence-electron chi connectivity index (χ2n) is 5.98. The lowest BCUT2D eigenvalue weighted by atomic mass is 9.93. The number of amides is 2. The Morgan fingerprint density at radius 1 is 1.17 bits per heavy atom. The van der Waals surface area contributed by atoms with E-state index in [9.17, 15) is 9.59 Å². The summed E-state index contributed by atoms with van der Waals surface area (Å²) >= 11 is 6.12. The van der Waals surface area contributed by atoms with E-state index in [2.05, 4.69) is 5.32 Å². The maximum atomic E-state index is 12.7. The first-order chi connectivity index (χ1) is 11.6. The van der Waals surface area contributed by atoms with Crippen LogP contribution in [-0.2, 0) is 16.1 Å². The predicted octanol–water partition coefficient (Wildman–Crippen LogP) is 3.18. The van der Waals surface area contributed by atoms with Crippen molar-refractivity contribution in [3.05, 3.63) is 70.7 Å². The summed E-state index contributed by atoms with van der Waals surface area (Å²) in [6.07, 6.45) is 0.227. The van der Waals surface area contributed by atoms with Gasteiger partial charge in [0.2, 0.25) is 11.8 Å². The lowest BCUT2D eigenvalue weighted by Crippen LogP contribution is -2.34. The first-order valence-corrected chi connectivity index (χ1v) is 8.27. The summed E-state index contributed by atoms with van der Waals surface area (Å²) in [4.78, 5) is 26.5. The minimum absolute atomic E-state index is 0.0123. The maximum absolute atomic E-state index is 12.7. The zero-order chi connectivity index (χ0) is 17.1. The van der Waals surface area contributed by atoms with Crippen molar-refractivity contribution in [2.45, 2.75) is 19.0 Å². The topological polar surface area (TPSA) is 49.4 Å². The van der Waals surface area contributed by atoms with E-state index in [0.717, 1.165) is 11.1 Å². The summed E-state index contributed by atoms with van der Waals surface area (Å²) in [6, 6.07) is 16.8. The van der Waals surface area contributed by atoms with Crippen molar-refractivity contribution in [3.63, 3.8) is 0 Å². The molecule has 0 bridgehead atoms. The van der Waals surface area contributed by atoms with Crippen LogP contribution in [-0.4, -0.2) is 23.8 Å². The summed E-state index contributed by atoms with van der Waals surface area (Å²) in [6.45, 7) is 0.356. The lowest BCUT2D eigenvalue weighted by Gasteiger charge is -2.25. The molecule has 24 heavy (non-hydrogen) atoms. The van der Waals surface area contributed by atoms with Crippen LogP contribution in [0.15, 0.2) is 54.6 Å². The third-order valence-electron chi connectivity index (χ3n) is 4.48. The Morgan fingerprint density at radius 3 is 2.54 bits per heavy atom. The standard InChI is InChI=1S/C19H19ClN2O2/c1-22-17(23)11-15(18(22)13-7-3-2-4-8-13)19(24)21-12-14-9-5-6-10-16(14)20/h2-10,15,18H,11-12H2,1H3,(H,21,24)/t15-,18+/m1/s1. The highest BCUT2D eigenvalue weighted by atomic mass is 35.5. The van der Waals surface area contributed by atoms with Gasteiger partial charge in [-0.25, -0.2) is 0 Å². The monoisotopic (exact) mass is 342 g/mol. The van der Waals surface area contributed by atoms with Crippen LogP contribution in [0.3, 0.4) is 0 Å². The molecule has 1 aliphatic rings. The van der Waals surface area contributed by atoms with Gasteiger partial charge in [-0.05, 0) is 17.2 Å². The normalized spacial score (nSPS) is 20.2. The van der Waals surface area contributed by atoms with Gasteiger partial charge in [-0.3, -0.25) is 9.59 Å². The molecule has 2 aromatic carbocycles. The molecule has 0 saturated carbocycles. The Morgan fingerprint density at radius 2 is 1.83 bits per heavy atom. The van der Waals surface area contributed by atoms with Gasteiger partial charge in [0.15, 0.2) is 0 Å². The highest BCUT2D eigenvalue weighted by Crippen LogP contribution is 2.37. The van der Waals surface area contributed by atoms with E-state index < -0.39 is 5.92 Å². The predicted molar refractivity (Wildman–Crippen MR) is 93.4 cm³/mol. The van der Waals surface area contributed by atoms with Gasteiger partial charge in [-0.15, -0.1) is 0 Å².